The molecule has 1 aliphatic rings. The van der Waals surface area contributed by atoms with E-state index in [0.29, 0.717) is 5.96 Å². The van der Waals surface area contributed by atoms with Crippen molar-refractivity contribution < 1.29 is 0 Å². The molecule has 1 heterocycles. The third kappa shape index (κ3) is 3.30. The number of rotatable bonds is 3. The van der Waals surface area contributed by atoms with Gasteiger partial charge in [0, 0.05) is 16.8 Å². The third-order valence-electron chi connectivity index (χ3n) is 3.13. The van der Waals surface area contributed by atoms with Crippen LogP contribution in [0.25, 0.3) is 0 Å². The van der Waals surface area contributed by atoms with Gasteiger partial charge in [-0.2, -0.15) is 0 Å². The summed E-state index contributed by atoms with van der Waals surface area (Å²) in [4.78, 5) is 5.75. The zero-order valence-corrected chi connectivity index (χ0v) is 12.3. The molecule has 1 aliphatic heterocycles. The highest BCUT2D eigenvalue weighted by atomic mass is 32.2. The van der Waals surface area contributed by atoms with E-state index in [0.717, 1.165) is 5.69 Å². The molecular weight excluding hydrogens is 256 g/mol. The lowest BCUT2D eigenvalue weighted by atomic mass is 9.97. The maximum atomic E-state index is 6.24. The SMILES string of the molecule is CSc1cccc(NC2=NC(N)(C(C)C)C=CN2)c1. The van der Waals surface area contributed by atoms with Crippen LogP contribution < -0.4 is 16.4 Å². The topological polar surface area (TPSA) is 62.4 Å². The van der Waals surface area contributed by atoms with Gasteiger partial charge in [-0.1, -0.05) is 19.9 Å². The van der Waals surface area contributed by atoms with Crippen LogP contribution in [0.4, 0.5) is 5.69 Å². The van der Waals surface area contributed by atoms with Crippen molar-refractivity contribution in [2.24, 2.45) is 16.6 Å². The second kappa shape index (κ2) is 5.67. The summed E-state index contributed by atoms with van der Waals surface area (Å²) in [5, 5.41) is 6.35. The summed E-state index contributed by atoms with van der Waals surface area (Å²) < 4.78 is 0. The summed E-state index contributed by atoms with van der Waals surface area (Å²) in [7, 11) is 0. The Balaban J connectivity index is 2.17. The minimum Gasteiger partial charge on any atom is -0.333 e. The highest BCUT2D eigenvalue weighted by Crippen LogP contribution is 2.21. The van der Waals surface area contributed by atoms with Crippen molar-refractivity contribution in [1.82, 2.24) is 5.32 Å². The maximum Gasteiger partial charge on any atom is 0.202 e. The molecule has 0 spiro atoms. The van der Waals surface area contributed by atoms with Crippen LogP contribution in [0.2, 0.25) is 0 Å². The molecule has 1 unspecified atom stereocenters. The number of nitrogens with one attached hydrogen (secondary N) is 2. The van der Waals surface area contributed by atoms with Crippen molar-refractivity contribution in [3.63, 3.8) is 0 Å². The average molecular weight is 276 g/mol. The first-order chi connectivity index (χ1) is 9.03. The van der Waals surface area contributed by atoms with Crippen LogP contribution in [0, 0.1) is 5.92 Å². The second-order valence-electron chi connectivity index (χ2n) is 4.84. The predicted molar refractivity (Wildman–Crippen MR) is 83.3 cm³/mol. The molecule has 5 heteroatoms. The number of hydrogen-bond acceptors (Lipinski definition) is 5. The third-order valence-corrected chi connectivity index (χ3v) is 3.86. The lowest BCUT2D eigenvalue weighted by molar-refractivity contribution is 0.396. The average Bonchev–Trinajstić information content (AvgIpc) is 2.39. The van der Waals surface area contributed by atoms with Gasteiger partial charge in [0.15, 0.2) is 0 Å². The molecule has 0 radical (unpaired) electrons. The van der Waals surface area contributed by atoms with Crippen molar-refractivity contribution in [1.29, 1.82) is 0 Å². The summed E-state index contributed by atoms with van der Waals surface area (Å²) in [6.45, 7) is 4.12. The summed E-state index contributed by atoms with van der Waals surface area (Å²) in [6, 6.07) is 8.19. The van der Waals surface area contributed by atoms with Crippen LogP contribution in [0.5, 0.6) is 0 Å². The van der Waals surface area contributed by atoms with E-state index in [9.17, 15) is 0 Å². The van der Waals surface area contributed by atoms with Crippen molar-refractivity contribution in [2.45, 2.75) is 24.4 Å². The summed E-state index contributed by atoms with van der Waals surface area (Å²) in [5.41, 5.74) is 6.59. The molecule has 0 aliphatic carbocycles. The first kappa shape index (κ1) is 14.0. The summed E-state index contributed by atoms with van der Waals surface area (Å²) >= 11 is 1.71. The zero-order chi connectivity index (χ0) is 13.9. The Morgan fingerprint density at radius 2 is 2.21 bits per heavy atom. The van der Waals surface area contributed by atoms with Crippen LogP contribution in [0.15, 0.2) is 46.4 Å². The molecule has 1 aromatic carbocycles. The van der Waals surface area contributed by atoms with Gasteiger partial charge in [-0.25, -0.2) is 4.99 Å². The minimum atomic E-state index is -0.648. The molecule has 0 bridgehead atoms. The van der Waals surface area contributed by atoms with Gasteiger partial charge in [0.05, 0.1) is 0 Å². The van der Waals surface area contributed by atoms with Crippen LogP contribution >= 0.6 is 11.8 Å². The van der Waals surface area contributed by atoms with E-state index in [-0.39, 0.29) is 5.92 Å². The molecule has 102 valence electrons. The Bertz CT molecular complexity index is 510. The number of aliphatic imine (C=N–C) groups is 1. The molecule has 1 aromatic rings. The van der Waals surface area contributed by atoms with Gasteiger partial charge in [0.2, 0.25) is 5.96 Å². The van der Waals surface area contributed by atoms with Gasteiger partial charge >= 0.3 is 0 Å². The molecule has 19 heavy (non-hydrogen) atoms. The van der Waals surface area contributed by atoms with Crippen LogP contribution in [0.3, 0.4) is 0 Å². The Hall–Kier alpha value is -1.46. The van der Waals surface area contributed by atoms with Crippen molar-refractivity contribution >= 4 is 23.4 Å². The Morgan fingerprint density at radius 1 is 1.42 bits per heavy atom. The Labute approximate surface area is 118 Å². The Morgan fingerprint density at radius 3 is 2.89 bits per heavy atom. The first-order valence-corrected chi connectivity index (χ1v) is 7.50. The van der Waals surface area contributed by atoms with Crippen molar-refractivity contribution in [2.75, 3.05) is 11.6 Å². The van der Waals surface area contributed by atoms with Crippen molar-refractivity contribution in [3.05, 3.63) is 36.5 Å². The first-order valence-electron chi connectivity index (χ1n) is 6.27. The predicted octanol–water partition coefficient (Wildman–Crippen LogP) is 2.60. The summed E-state index contributed by atoms with van der Waals surface area (Å²) in [6.07, 6.45) is 5.79. The van der Waals surface area contributed by atoms with Gasteiger partial charge in [0.25, 0.3) is 0 Å². The van der Waals surface area contributed by atoms with E-state index in [2.05, 4.69) is 47.9 Å². The van der Waals surface area contributed by atoms with E-state index in [1.807, 2.05) is 24.4 Å². The lowest BCUT2D eigenvalue weighted by Gasteiger charge is -2.30. The van der Waals surface area contributed by atoms with E-state index < -0.39 is 5.66 Å². The highest BCUT2D eigenvalue weighted by molar-refractivity contribution is 7.98. The fraction of sp³-hybridized carbons (Fsp3) is 0.357. The second-order valence-corrected chi connectivity index (χ2v) is 5.72. The zero-order valence-electron chi connectivity index (χ0n) is 11.5. The number of nitrogens with zero attached hydrogens (tertiary/aromatic N) is 1. The molecule has 2 rings (SSSR count). The Kier molecular flexibility index (Phi) is 4.17. The van der Waals surface area contributed by atoms with Gasteiger partial charge < -0.3 is 16.4 Å². The van der Waals surface area contributed by atoms with Gasteiger partial charge in [-0.15, -0.1) is 11.8 Å². The molecule has 4 N–H and O–H groups in total. The fourth-order valence-electron chi connectivity index (χ4n) is 1.74. The quantitative estimate of drug-likeness (QED) is 0.743. The standard InChI is InChI=1S/C14H20N4S/c1-10(2)14(15)7-8-16-13(18-14)17-11-5-4-6-12(9-11)19-3/h4-10H,15H2,1-3H3,(H2,16,17,18). The number of thioether (sulfide) groups is 1. The number of hydrogen-bond donors (Lipinski definition) is 3. The van der Waals surface area contributed by atoms with Crippen LogP contribution in [-0.4, -0.2) is 17.9 Å². The lowest BCUT2D eigenvalue weighted by Crippen LogP contribution is -2.47. The van der Waals surface area contributed by atoms with Gasteiger partial charge in [0.1, 0.15) is 5.66 Å². The van der Waals surface area contributed by atoms with E-state index in [1.54, 1.807) is 11.8 Å². The fourth-order valence-corrected chi connectivity index (χ4v) is 2.20. The molecule has 0 saturated carbocycles. The molecule has 0 fully saturated rings. The molecule has 4 nitrogen and oxygen atoms in total. The largest absolute Gasteiger partial charge is 0.333 e. The van der Waals surface area contributed by atoms with Gasteiger partial charge in [-0.3, -0.25) is 0 Å². The highest BCUT2D eigenvalue weighted by Gasteiger charge is 2.28. The number of benzene rings is 1. The molecule has 0 aromatic heterocycles. The van der Waals surface area contributed by atoms with Gasteiger partial charge in [-0.05, 0) is 36.4 Å². The van der Waals surface area contributed by atoms with Crippen LogP contribution in [0.1, 0.15) is 13.8 Å². The number of anilines is 1. The molecule has 0 saturated heterocycles. The van der Waals surface area contributed by atoms with Crippen LogP contribution in [-0.2, 0) is 0 Å². The summed E-state index contributed by atoms with van der Waals surface area (Å²) in [5.74, 6) is 0.914. The molecule has 0 amide bonds. The smallest absolute Gasteiger partial charge is 0.202 e. The minimum absolute atomic E-state index is 0.236. The monoisotopic (exact) mass is 276 g/mol. The normalized spacial score (nSPS) is 22.1. The van der Waals surface area contributed by atoms with E-state index in [4.69, 9.17) is 5.73 Å². The number of nitrogens with two attached hydrogens (primary N) is 1. The molecule has 1 atom stereocenters. The van der Waals surface area contributed by atoms with E-state index in [1.165, 1.54) is 4.90 Å². The van der Waals surface area contributed by atoms with Crippen molar-refractivity contribution in [3.8, 4) is 0 Å². The molecular formula is C14H20N4S. The number of guanidine groups is 1. The maximum absolute atomic E-state index is 6.24. The van der Waals surface area contributed by atoms with E-state index >= 15 is 0 Å².